The van der Waals surface area contributed by atoms with Gasteiger partial charge in [0, 0.05) is 38.0 Å². The minimum absolute atomic E-state index is 0.113. The molecule has 134 valence electrons. The first-order chi connectivity index (χ1) is 11.8. The fourth-order valence-corrected chi connectivity index (χ4v) is 3.56. The van der Waals surface area contributed by atoms with Crippen molar-refractivity contribution in [1.29, 1.82) is 0 Å². The number of benzene rings is 1. The van der Waals surface area contributed by atoms with Crippen LogP contribution in [-0.2, 0) is 21.9 Å². The van der Waals surface area contributed by atoms with Gasteiger partial charge < -0.3 is 5.32 Å². The van der Waals surface area contributed by atoms with Gasteiger partial charge in [0.2, 0.25) is 15.9 Å². The van der Waals surface area contributed by atoms with Crippen LogP contribution < -0.4 is 10.0 Å². The molecule has 8 heteroatoms. The number of nitrogens with zero attached hydrogens (tertiary/aromatic N) is 2. The first kappa shape index (κ1) is 18.9. The molecule has 1 aromatic heterocycles. The summed E-state index contributed by atoms with van der Waals surface area (Å²) in [5.41, 5.74) is 2.37. The van der Waals surface area contributed by atoms with Crippen LogP contribution in [-0.4, -0.2) is 37.2 Å². The molecule has 1 heterocycles. The molecule has 0 radical (unpaired) electrons. The van der Waals surface area contributed by atoms with Crippen LogP contribution in [0.2, 0.25) is 0 Å². The van der Waals surface area contributed by atoms with Gasteiger partial charge in [0.15, 0.2) is 0 Å². The molecule has 0 atom stereocenters. The van der Waals surface area contributed by atoms with Crippen molar-refractivity contribution in [3.05, 3.63) is 53.4 Å². The molecule has 0 aliphatic carbocycles. The largest absolute Gasteiger partial charge is 0.351 e. The SMILES string of the molecule is Cc1ccc(C)c(S(=O)(=O)NCCNC(=O)/C=C/c2cnn(C)c2)c1. The zero-order valence-electron chi connectivity index (χ0n) is 14.5. The minimum Gasteiger partial charge on any atom is -0.351 e. The van der Waals surface area contributed by atoms with Gasteiger partial charge in [-0.25, -0.2) is 13.1 Å². The van der Waals surface area contributed by atoms with E-state index in [1.165, 1.54) is 6.08 Å². The minimum atomic E-state index is -3.59. The fourth-order valence-electron chi connectivity index (χ4n) is 2.20. The molecule has 0 saturated heterocycles. The van der Waals surface area contributed by atoms with Crippen LogP contribution in [0.4, 0.5) is 0 Å². The Labute approximate surface area is 147 Å². The van der Waals surface area contributed by atoms with Crippen LogP contribution in [0.25, 0.3) is 6.08 Å². The first-order valence-electron chi connectivity index (χ1n) is 7.79. The Morgan fingerprint density at radius 3 is 2.72 bits per heavy atom. The van der Waals surface area contributed by atoms with Crippen molar-refractivity contribution in [2.24, 2.45) is 7.05 Å². The third-order valence-corrected chi connectivity index (χ3v) is 5.10. The van der Waals surface area contributed by atoms with Crippen molar-refractivity contribution in [3.63, 3.8) is 0 Å². The number of aromatic nitrogens is 2. The number of carbonyl (C=O) groups is 1. The smallest absolute Gasteiger partial charge is 0.244 e. The van der Waals surface area contributed by atoms with Crippen molar-refractivity contribution in [1.82, 2.24) is 19.8 Å². The van der Waals surface area contributed by atoms with Crippen LogP contribution in [0, 0.1) is 13.8 Å². The Bertz CT molecular complexity index is 885. The van der Waals surface area contributed by atoms with Crippen molar-refractivity contribution in [2.75, 3.05) is 13.1 Å². The van der Waals surface area contributed by atoms with Gasteiger partial charge in [-0.05, 0) is 37.1 Å². The van der Waals surface area contributed by atoms with E-state index >= 15 is 0 Å². The van der Waals surface area contributed by atoms with Gasteiger partial charge in [0.25, 0.3) is 0 Å². The van der Waals surface area contributed by atoms with E-state index in [1.807, 2.05) is 13.0 Å². The van der Waals surface area contributed by atoms with Crippen LogP contribution in [0.5, 0.6) is 0 Å². The molecule has 0 aliphatic rings. The van der Waals surface area contributed by atoms with E-state index < -0.39 is 10.0 Å². The lowest BCUT2D eigenvalue weighted by molar-refractivity contribution is -0.116. The molecule has 2 aromatic rings. The molecule has 2 N–H and O–H groups in total. The number of nitrogens with one attached hydrogen (secondary N) is 2. The highest BCUT2D eigenvalue weighted by atomic mass is 32.2. The monoisotopic (exact) mass is 362 g/mol. The summed E-state index contributed by atoms with van der Waals surface area (Å²) in [7, 11) is -1.80. The molecule has 7 nitrogen and oxygen atoms in total. The van der Waals surface area contributed by atoms with Crippen LogP contribution in [0.15, 0.2) is 41.6 Å². The van der Waals surface area contributed by atoms with E-state index in [1.54, 1.807) is 49.3 Å². The molecule has 0 fully saturated rings. The lowest BCUT2D eigenvalue weighted by Crippen LogP contribution is -2.34. The van der Waals surface area contributed by atoms with Crippen molar-refractivity contribution in [2.45, 2.75) is 18.7 Å². The van der Waals surface area contributed by atoms with E-state index in [9.17, 15) is 13.2 Å². The van der Waals surface area contributed by atoms with E-state index in [-0.39, 0.29) is 23.9 Å². The van der Waals surface area contributed by atoms with Gasteiger partial charge in [0.05, 0.1) is 11.1 Å². The maximum Gasteiger partial charge on any atom is 0.244 e. The van der Waals surface area contributed by atoms with E-state index in [0.717, 1.165) is 11.1 Å². The molecule has 0 bridgehead atoms. The lowest BCUT2D eigenvalue weighted by atomic mass is 10.2. The predicted molar refractivity (Wildman–Crippen MR) is 96.4 cm³/mol. The Balaban J connectivity index is 1.83. The van der Waals surface area contributed by atoms with Crippen LogP contribution in [0.1, 0.15) is 16.7 Å². The standard InChI is InChI=1S/C17H22N4O3S/c1-13-4-5-14(2)16(10-13)25(23,24)20-9-8-18-17(22)7-6-15-11-19-21(3)12-15/h4-7,10-12,20H,8-9H2,1-3H3,(H,18,22)/b7-6+. The van der Waals surface area contributed by atoms with Gasteiger partial charge in [0.1, 0.15) is 0 Å². The molecule has 0 saturated carbocycles. The van der Waals surface area contributed by atoms with Gasteiger partial charge in [-0.1, -0.05) is 12.1 Å². The van der Waals surface area contributed by atoms with E-state index in [2.05, 4.69) is 15.1 Å². The van der Waals surface area contributed by atoms with Crippen molar-refractivity contribution < 1.29 is 13.2 Å². The summed E-state index contributed by atoms with van der Waals surface area (Å²) < 4.78 is 28.8. The summed E-state index contributed by atoms with van der Waals surface area (Å²) in [6, 6.07) is 5.27. The highest BCUT2D eigenvalue weighted by molar-refractivity contribution is 7.89. The summed E-state index contributed by atoms with van der Waals surface area (Å²) in [5.74, 6) is -0.296. The summed E-state index contributed by atoms with van der Waals surface area (Å²) in [4.78, 5) is 12.0. The molecule has 2 rings (SSSR count). The maximum atomic E-state index is 12.3. The molecule has 0 unspecified atom stereocenters. The second-order valence-electron chi connectivity index (χ2n) is 5.74. The number of hydrogen-bond donors (Lipinski definition) is 2. The number of rotatable bonds is 7. The molecule has 25 heavy (non-hydrogen) atoms. The average molecular weight is 362 g/mol. The summed E-state index contributed by atoms with van der Waals surface area (Å²) >= 11 is 0. The van der Waals surface area contributed by atoms with E-state index in [0.29, 0.717) is 5.56 Å². The first-order valence-corrected chi connectivity index (χ1v) is 9.28. The highest BCUT2D eigenvalue weighted by Crippen LogP contribution is 2.16. The second-order valence-corrected chi connectivity index (χ2v) is 7.47. The van der Waals surface area contributed by atoms with Gasteiger partial charge >= 0.3 is 0 Å². The number of hydrogen-bond acceptors (Lipinski definition) is 4. The summed E-state index contributed by atoms with van der Waals surface area (Å²) in [5, 5.41) is 6.63. The number of sulfonamides is 1. The molecule has 1 amide bonds. The Morgan fingerprint density at radius 1 is 1.28 bits per heavy atom. The Hall–Kier alpha value is -2.45. The highest BCUT2D eigenvalue weighted by Gasteiger charge is 2.16. The zero-order chi connectivity index (χ0) is 18.4. The fraction of sp³-hybridized carbons (Fsp3) is 0.294. The molecule has 0 spiro atoms. The summed E-state index contributed by atoms with van der Waals surface area (Å²) in [6.45, 7) is 3.90. The van der Waals surface area contributed by atoms with Gasteiger partial charge in [-0.3, -0.25) is 9.48 Å². The Kier molecular flexibility index (Phi) is 6.11. The topological polar surface area (TPSA) is 93.1 Å². The molecule has 1 aromatic carbocycles. The summed E-state index contributed by atoms with van der Waals surface area (Å²) in [6.07, 6.45) is 6.45. The third-order valence-electron chi connectivity index (χ3n) is 3.50. The normalized spacial score (nSPS) is 11.8. The van der Waals surface area contributed by atoms with E-state index in [4.69, 9.17) is 0 Å². The second kappa shape index (κ2) is 8.09. The van der Waals surface area contributed by atoms with Crippen LogP contribution >= 0.6 is 0 Å². The van der Waals surface area contributed by atoms with Crippen molar-refractivity contribution >= 4 is 22.0 Å². The molecular weight excluding hydrogens is 340 g/mol. The zero-order valence-corrected chi connectivity index (χ0v) is 15.3. The molecule has 0 aliphatic heterocycles. The number of carbonyl (C=O) groups excluding carboxylic acids is 1. The average Bonchev–Trinajstić information content (AvgIpc) is 2.97. The lowest BCUT2D eigenvalue weighted by Gasteiger charge is -2.10. The van der Waals surface area contributed by atoms with Crippen LogP contribution in [0.3, 0.4) is 0 Å². The van der Waals surface area contributed by atoms with Gasteiger partial charge in [-0.15, -0.1) is 0 Å². The number of aryl methyl sites for hydroxylation is 3. The number of amides is 1. The van der Waals surface area contributed by atoms with Crippen molar-refractivity contribution in [3.8, 4) is 0 Å². The quantitative estimate of drug-likeness (QED) is 0.571. The van der Waals surface area contributed by atoms with Gasteiger partial charge in [-0.2, -0.15) is 5.10 Å². The third kappa shape index (κ3) is 5.54. The predicted octanol–water partition coefficient (Wildman–Crippen LogP) is 1.14. The molecular formula is C17H22N4O3S. The Morgan fingerprint density at radius 2 is 2.04 bits per heavy atom. The maximum absolute atomic E-state index is 12.3.